The number of rotatable bonds is 70. The number of hydrogen-bond acceptors (Lipinski definition) is 15. The summed E-state index contributed by atoms with van der Waals surface area (Å²) in [6.45, 7) is 7.27. The van der Waals surface area contributed by atoms with Gasteiger partial charge in [-0.25, -0.2) is 9.13 Å². The molecular formula is C70H136O17P2. The lowest BCUT2D eigenvalue weighted by Crippen LogP contribution is -2.30. The van der Waals surface area contributed by atoms with Crippen LogP contribution in [0, 0.1) is 5.92 Å². The maximum Gasteiger partial charge on any atom is 0.472 e. The van der Waals surface area contributed by atoms with Crippen molar-refractivity contribution >= 4 is 39.5 Å². The lowest BCUT2D eigenvalue weighted by Gasteiger charge is -2.21. The number of aliphatic hydroxyl groups excluding tert-OH is 1. The number of aliphatic hydroxyl groups is 1. The molecule has 89 heavy (non-hydrogen) atoms. The van der Waals surface area contributed by atoms with Crippen molar-refractivity contribution in [1.29, 1.82) is 0 Å². The number of phosphoric acid groups is 2. The van der Waals surface area contributed by atoms with Crippen molar-refractivity contribution in [2.24, 2.45) is 5.92 Å². The van der Waals surface area contributed by atoms with E-state index in [1.807, 2.05) is 0 Å². The highest BCUT2D eigenvalue weighted by Crippen LogP contribution is 2.45. The van der Waals surface area contributed by atoms with E-state index in [9.17, 15) is 43.2 Å². The minimum atomic E-state index is -4.95. The summed E-state index contributed by atoms with van der Waals surface area (Å²) >= 11 is 0. The van der Waals surface area contributed by atoms with Gasteiger partial charge in [0.05, 0.1) is 26.4 Å². The van der Waals surface area contributed by atoms with Crippen molar-refractivity contribution < 1.29 is 80.2 Å². The van der Waals surface area contributed by atoms with Gasteiger partial charge >= 0.3 is 39.5 Å². The van der Waals surface area contributed by atoms with E-state index < -0.39 is 97.5 Å². The first kappa shape index (κ1) is 87.1. The van der Waals surface area contributed by atoms with Crippen LogP contribution in [0.3, 0.4) is 0 Å². The Bertz CT molecular complexity index is 1720. The lowest BCUT2D eigenvalue weighted by molar-refractivity contribution is -0.161. The van der Waals surface area contributed by atoms with Crippen LogP contribution < -0.4 is 0 Å². The maximum absolute atomic E-state index is 13.0. The summed E-state index contributed by atoms with van der Waals surface area (Å²) in [4.78, 5) is 72.5. The van der Waals surface area contributed by atoms with Crippen LogP contribution in [-0.2, 0) is 65.4 Å². The number of phosphoric ester groups is 2. The molecule has 0 aliphatic heterocycles. The van der Waals surface area contributed by atoms with Crippen molar-refractivity contribution in [2.75, 3.05) is 39.6 Å². The number of carbonyl (C=O) groups is 4. The molecule has 0 radical (unpaired) electrons. The highest BCUT2D eigenvalue weighted by atomic mass is 31.2. The molecule has 17 nitrogen and oxygen atoms in total. The normalized spacial score (nSPS) is 14.4. The molecule has 6 atom stereocenters. The first-order valence-corrected chi connectivity index (χ1v) is 39.7. The Balaban J connectivity index is 5.26. The molecule has 0 aromatic rings. The van der Waals surface area contributed by atoms with Crippen LogP contribution in [0.2, 0.25) is 0 Å². The minimum Gasteiger partial charge on any atom is -0.462 e. The van der Waals surface area contributed by atoms with Crippen LogP contribution in [0.1, 0.15) is 362 Å². The zero-order chi connectivity index (χ0) is 65.6. The van der Waals surface area contributed by atoms with Crippen molar-refractivity contribution in [3.63, 3.8) is 0 Å². The molecule has 0 aromatic carbocycles. The Hall–Kier alpha value is -1.94. The molecule has 0 saturated heterocycles. The average molecular weight is 1310 g/mol. The van der Waals surface area contributed by atoms with Gasteiger partial charge in [0.25, 0.3) is 0 Å². The molecule has 0 spiro atoms. The maximum atomic E-state index is 13.0. The van der Waals surface area contributed by atoms with Crippen LogP contribution in [0.4, 0.5) is 0 Å². The third-order valence-corrected chi connectivity index (χ3v) is 18.5. The van der Waals surface area contributed by atoms with E-state index in [4.69, 9.17) is 37.0 Å². The summed E-state index contributed by atoms with van der Waals surface area (Å²) in [6.07, 6.45) is 49.6. The molecule has 0 aromatic heterocycles. The second-order valence-corrected chi connectivity index (χ2v) is 28.4. The van der Waals surface area contributed by atoms with Gasteiger partial charge < -0.3 is 33.8 Å². The predicted molar refractivity (Wildman–Crippen MR) is 358 cm³/mol. The standard InChI is InChI=1S/C70H136O17P2/c1-6-10-13-16-19-22-25-28-34-39-44-49-54-68(73)81-60-66(87-70(75)56-51-46-41-36-31-30-32-37-42-47-52-63(5)9-4)62-85-89(78,79)83-58-64(71)57-82-88(76,77)84-61-65(59-80-67(72)53-48-43-38-33-27-24-21-18-15-12-8-3)86-69(74)55-50-45-40-35-29-26-23-20-17-14-11-7-2/h63-66,71H,6-62H2,1-5H3,(H,76,77)(H,78,79)/t63?,64-,65+,66+/m0/s1. The number of unbranched alkanes of at least 4 members (excludes halogenated alkanes) is 41. The summed E-state index contributed by atoms with van der Waals surface area (Å²) in [5.74, 6) is -1.32. The molecule has 0 bridgehead atoms. The number of carbonyl (C=O) groups excluding carboxylic acids is 4. The first-order valence-electron chi connectivity index (χ1n) is 36.7. The van der Waals surface area contributed by atoms with E-state index in [0.717, 1.165) is 95.8 Å². The Morgan fingerprint density at radius 1 is 0.315 bits per heavy atom. The third-order valence-electron chi connectivity index (χ3n) is 16.6. The fraction of sp³-hybridized carbons (Fsp3) is 0.943. The van der Waals surface area contributed by atoms with Gasteiger partial charge in [0.15, 0.2) is 12.2 Å². The van der Waals surface area contributed by atoms with Gasteiger partial charge in [-0.15, -0.1) is 0 Å². The zero-order valence-corrected chi connectivity index (χ0v) is 59.4. The van der Waals surface area contributed by atoms with Gasteiger partial charge in [0.2, 0.25) is 0 Å². The topological polar surface area (TPSA) is 237 Å². The van der Waals surface area contributed by atoms with Gasteiger partial charge in [0, 0.05) is 25.7 Å². The summed E-state index contributed by atoms with van der Waals surface area (Å²) < 4.78 is 68.3. The number of hydrogen-bond donors (Lipinski definition) is 3. The Morgan fingerprint density at radius 2 is 0.539 bits per heavy atom. The molecule has 3 N–H and O–H groups in total. The third kappa shape index (κ3) is 63.2. The lowest BCUT2D eigenvalue weighted by atomic mass is 9.99. The molecule has 0 rings (SSSR count). The second kappa shape index (κ2) is 63.5. The molecular weight excluding hydrogens is 1170 g/mol. The summed E-state index contributed by atoms with van der Waals surface area (Å²) in [7, 11) is -9.90. The fourth-order valence-electron chi connectivity index (χ4n) is 10.6. The van der Waals surface area contributed by atoms with Gasteiger partial charge in [0.1, 0.15) is 19.3 Å². The van der Waals surface area contributed by atoms with E-state index in [1.165, 1.54) is 186 Å². The van der Waals surface area contributed by atoms with E-state index >= 15 is 0 Å². The molecule has 3 unspecified atom stereocenters. The molecule has 0 saturated carbocycles. The highest BCUT2D eigenvalue weighted by molar-refractivity contribution is 7.47. The fourth-order valence-corrected chi connectivity index (χ4v) is 12.2. The predicted octanol–water partition coefficient (Wildman–Crippen LogP) is 20.1. The minimum absolute atomic E-state index is 0.107. The molecule has 0 aliphatic rings. The van der Waals surface area contributed by atoms with Crippen molar-refractivity contribution in [1.82, 2.24) is 0 Å². The summed E-state index contributed by atoms with van der Waals surface area (Å²) in [6, 6.07) is 0. The summed E-state index contributed by atoms with van der Waals surface area (Å²) in [5.41, 5.74) is 0. The van der Waals surface area contributed by atoms with Gasteiger partial charge in [-0.2, -0.15) is 0 Å². The largest absolute Gasteiger partial charge is 0.472 e. The summed E-state index contributed by atoms with van der Waals surface area (Å²) in [5, 5.41) is 10.6. The molecule has 0 amide bonds. The first-order chi connectivity index (χ1) is 43.1. The van der Waals surface area contributed by atoms with Crippen molar-refractivity contribution in [2.45, 2.75) is 380 Å². The molecule has 0 heterocycles. The van der Waals surface area contributed by atoms with E-state index in [0.29, 0.717) is 25.7 Å². The Morgan fingerprint density at radius 3 is 0.798 bits per heavy atom. The monoisotopic (exact) mass is 1310 g/mol. The van der Waals surface area contributed by atoms with Crippen molar-refractivity contribution in [3.8, 4) is 0 Å². The molecule has 0 aliphatic carbocycles. The van der Waals surface area contributed by atoms with E-state index in [-0.39, 0.29) is 25.7 Å². The number of esters is 4. The van der Waals surface area contributed by atoms with Gasteiger partial charge in [-0.1, -0.05) is 311 Å². The van der Waals surface area contributed by atoms with E-state index in [2.05, 4.69) is 34.6 Å². The van der Waals surface area contributed by atoms with Crippen LogP contribution in [0.25, 0.3) is 0 Å². The molecule has 19 heteroatoms. The zero-order valence-electron chi connectivity index (χ0n) is 57.6. The SMILES string of the molecule is CCCCCCCCCCCCCCC(=O)OC[C@H](COP(=O)(O)OC[C@@H](O)COP(=O)(O)OC[C@@H](COC(=O)CCCCCCCCCCCCC)OC(=O)CCCCCCCCCCCCCC)OC(=O)CCCCCCCCCCCCC(C)CC. The van der Waals surface area contributed by atoms with Crippen LogP contribution in [0.5, 0.6) is 0 Å². The smallest absolute Gasteiger partial charge is 0.462 e. The Labute approximate surface area is 543 Å². The average Bonchev–Trinajstić information content (AvgIpc) is 3.68. The second-order valence-electron chi connectivity index (χ2n) is 25.5. The Kier molecular flexibility index (Phi) is 62.1. The van der Waals surface area contributed by atoms with Crippen LogP contribution in [0.15, 0.2) is 0 Å². The number of ether oxygens (including phenoxy) is 4. The van der Waals surface area contributed by atoms with Gasteiger partial charge in [-0.3, -0.25) is 37.3 Å². The molecule has 528 valence electrons. The van der Waals surface area contributed by atoms with Gasteiger partial charge in [-0.05, 0) is 31.6 Å². The van der Waals surface area contributed by atoms with Crippen molar-refractivity contribution in [3.05, 3.63) is 0 Å². The highest BCUT2D eigenvalue weighted by Gasteiger charge is 2.30. The quantitative estimate of drug-likeness (QED) is 0.0222. The van der Waals surface area contributed by atoms with Crippen LogP contribution >= 0.6 is 15.6 Å². The molecule has 0 fully saturated rings. The van der Waals surface area contributed by atoms with Crippen LogP contribution in [-0.4, -0.2) is 96.7 Å². The van der Waals surface area contributed by atoms with E-state index in [1.54, 1.807) is 0 Å².